The third-order valence-corrected chi connectivity index (χ3v) is 8.82. The number of allylic oxidation sites excluding steroid dienone is 1. The van der Waals surface area contributed by atoms with Crippen molar-refractivity contribution in [2.24, 2.45) is 4.99 Å². The second kappa shape index (κ2) is 11.5. The molecule has 214 valence electrons. The van der Waals surface area contributed by atoms with Gasteiger partial charge in [-0.1, -0.05) is 60.1 Å². The zero-order chi connectivity index (χ0) is 29.3. The first-order valence-electron chi connectivity index (χ1n) is 14.5. The molecule has 3 aliphatic rings. The van der Waals surface area contributed by atoms with Gasteiger partial charge in [-0.25, -0.2) is 0 Å². The van der Waals surface area contributed by atoms with Gasteiger partial charge in [0.05, 0.1) is 11.7 Å². The molecular formula is C34H29ClN6O2. The van der Waals surface area contributed by atoms with Gasteiger partial charge in [-0.05, 0) is 75.4 Å². The summed E-state index contributed by atoms with van der Waals surface area (Å²) in [5.41, 5.74) is 8.09. The molecule has 0 bridgehead atoms. The topological polar surface area (TPSA) is 93.3 Å². The molecule has 1 aromatic heterocycles. The molecule has 0 saturated carbocycles. The van der Waals surface area contributed by atoms with Crippen LogP contribution in [0.4, 0.5) is 0 Å². The number of nitrogens with zero attached hydrogens (tertiary/aromatic N) is 6. The Balaban J connectivity index is 1.18. The summed E-state index contributed by atoms with van der Waals surface area (Å²) in [5.74, 6) is 0.308. The van der Waals surface area contributed by atoms with Crippen molar-refractivity contribution >= 4 is 40.7 Å². The first-order valence-corrected chi connectivity index (χ1v) is 14.9. The Kier molecular flexibility index (Phi) is 7.28. The van der Waals surface area contributed by atoms with Crippen molar-refractivity contribution in [3.63, 3.8) is 0 Å². The summed E-state index contributed by atoms with van der Waals surface area (Å²) < 4.78 is 1.55. The Hall–Kier alpha value is -4.69. The van der Waals surface area contributed by atoms with Crippen LogP contribution in [0.5, 0.6) is 0 Å². The number of tetrazole rings is 1. The number of amides is 1. The first-order chi connectivity index (χ1) is 21.0. The number of aliphatic imine (C=N–C) groups is 1. The molecule has 43 heavy (non-hydrogen) atoms. The highest BCUT2D eigenvalue weighted by Crippen LogP contribution is 2.38. The number of halogens is 1. The van der Waals surface area contributed by atoms with Gasteiger partial charge in [0.15, 0.2) is 0 Å². The molecule has 1 amide bonds. The Morgan fingerprint density at radius 1 is 0.977 bits per heavy atom. The van der Waals surface area contributed by atoms with Crippen LogP contribution in [0.15, 0.2) is 90.3 Å². The van der Waals surface area contributed by atoms with Crippen molar-refractivity contribution in [2.45, 2.75) is 44.1 Å². The monoisotopic (exact) mass is 588 g/mol. The quantitative estimate of drug-likeness (QED) is 0.271. The van der Waals surface area contributed by atoms with Crippen molar-refractivity contribution < 1.29 is 9.59 Å². The molecule has 2 atom stereocenters. The Labute approximate surface area is 254 Å². The van der Waals surface area contributed by atoms with Crippen molar-refractivity contribution in [3.05, 3.63) is 118 Å². The highest BCUT2D eigenvalue weighted by atomic mass is 35.5. The van der Waals surface area contributed by atoms with Gasteiger partial charge in [0.1, 0.15) is 12.1 Å². The lowest BCUT2D eigenvalue weighted by Gasteiger charge is -2.41. The molecule has 2 aliphatic heterocycles. The van der Waals surface area contributed by atoms with E-state index in [1.54, 1.807) is 29.0 Å². The summed E-state index contributed by atoms with van der Waals surface area (Å²) >= 11 is 6.31. The second-order valence-electron chi connectivity index (χ2n) is 11.3. The predicted molar refractivity (Wildman–Crippen MR) is 166 cm³/mol. The molecule has 1 fully saturated rings. The van der Waals surface area contributed by atoms with Gasteiger partial charge >= 0.3 is 0 Å². The van der Waals surface area contributed by atoms with Crippen molar-refractivity contribution in [3.8, 4) is 5.69 Å². The number of rotatable bonds is 6. The zero-order valence-electron chi connectivity index (χ0n) is 23.4. The number of carbonyl (C=O) groups is 2. The smallest absolute Gasteiger partial charge is 0.247 e. The minimum atomic E-state index is -0.184. The highest BCUT2D eigenvalue weighted by molar-refractivity contribution is 6.30. The van der Waals surface area contributed by atoms with Crippen LogP contribution < -0.4 is 0 Å². The van der Waals surface area contributed by atoms with Crippen molar-refractivity contribution in [1.29, 1.82) is 0 Å². The van der Waals surface area contributed by atoms with Crippen molar-refractivity contribution in [1.82, 2.24) is 25.1 Å². The summed E-state index contributed by atoms with van der Waals surface area (Å²) in [4.78, 5) is 32.9. The molecule has 7 rings (SSSR count). The Morgan fingerprint density at radius 2 is 1.84 bits per heavy atom. The summed E-state index contributed by atoms with van der Waals surface area (Å²) in [5, 5.41) is 12.0. The SMILES string of the molecule is O=C1Cc2ccc(C3=CN=C([C@H]4[C@@H](c5ccccc5)CCCN4C(=O)/C=C/c4cc(Cl)ccc4-n4cnnn4)C3)cc2C1. The fourth-order valence-electron chi connectivity index (χ4n) is 6.56. The van der Waals surface area contributed by atoms with Crippen LogP contribution in [-0.4, -0.2) is 55.1 Å². The van der Waals surface area contributed by atoms with Gasteiger partial charge in [-0.15, -0.1) is 5.10 Å². The predicted octanol–water partition coefficient (Wildman–Crippen LogP) is 5.66. The van der Waals surface area contributed by atoms with E-state index in [1.807, 2.05) is 23.2 Å². The van der Waals surface area contributed by atoms with Gasteiger partial charge in [-0.3, -0.25) is 14.6 Å². The normalized spacial score (nSPS) is 19.9. The van der Waals surface area contributed by atoms with E-state index in [1.165, 1.54) is 11.9 Å². The number of aromatic nitrogens is 4. The molecule has 3 heterocycles. The maximum absolute atomic E-state index is 14.0. The number of ketones is 1. The lowest BCUT2D eigenvalue weighted by molar-refractivity contribution is -0.128. The molecule has 1 saturated heterocycles. The number of fused-ring (bicyclic) bond motifs is 1. The van der Waals surface area contributed by atoms with Crippen LogP contribution in [0.3, 0.4) is 0 Å². The van der Waals surface area contributed by atoms with E-state index in [-0.39, 0.29) is 23.7 Å². The second-order valence-corrected chi connectivity index (χ2v) is 11.7. The summed E-state index contributed by atoms with van der Waals surface area (Å²) in [6.07, 6.45) is 10.4. The summed E-state index contributed by atoms with van der Waals surface area (Å²) in [6, 6.07) is 21.9. The summed E-state index contributed by atoms with van der Waals surface area (Å²) in [6.45, 7) is 0.641. The lowest BCUT2D eigenvalue weighted by Crippen LogP contribution is -2.51. The average Bonchev–Trinajstić information content (AvgIpc) is 3.81. The number of hydrogen-bond acceptors (Lipinski definition) is 6. The zero-order valence-corrected chi connectivity index (χ0v) is 24.2. The third kappa shape index (κ3) is 5.46. The van der Waals surface area contributed by atoms with Gasteiger partial charge in [-0.2, -0.15) is 4.68 Å². The number of piperidine rings is 1. The van der Waals surface area contributed by atoms with Crippen LogP contribution in [0, 0.1) is 0 Å². The fourth-order valence-corrected chi connectivity index (χ4v) is 6.74. The van der Waals surface area contributed by atoms with E-state index in [2.05, 4.69) is 58.0 Å². The van der Waals surface area contributed by atoms with Crippen molar-refractivity contribution in [2.75, 3.05) is 6.54 Å². The number of benzene rings is 3. The molecule has 1 aliphatic carbocycles. The van der Waals surface area contributed by atoms with Gasteiger partial charge in [0, 0.05) is 60.3 Å². The molecule has 0 radical (unpaired) electrons. The van der Waals surface area contributed by atoms with E-state index < -0.39 is 0 Å². The van der Waals surface area contributed by atoms with Gasteiger partial charge < -0.3 is 4.90 Å². The molecule has 9 heteroatoms. The average molecular weight is 589 g/mol. The molecule has 4 aromatic rings. The van der Waals surface area contributed by atoms with E-state index >= 15 is 0 Å². The number of carbonyl (C=O) groups excluding carboxylic acids is 2. The van der Waals surface area contributed by atoms with Gasteiger partial charge in [0.25, 0.3) is 0 Å². The molecule has 3 aromatic carbocycles. The highest BCUT2D eigenvalue weighted by Gasteiger charge is 2.39. The lowest BCUT2D eigenvalue weighted by atomic mass is 9.79. The molecular weight excluding hydrogens is 560 g/mol. The molecule has 8 nitrogen and oxygen atoms in total. The standard InChI is InChI=1S/C34H29ClN6O2/c35-28-11-12-32(41-21-37-38-39-41)25(16-28)10-13-33(43)40-14-4-7-30(22-5-2-1-3-6-22)34(40)31-19-27(20-36-31)23-8-9-24-17-29(42)18-26(24)15-23/h1-3,5-6,8-13,15-16,20-21,30,34H,4,7,14,17-19H2/b13-10+/t30-,34-/m1/s1. The van der Waals surface area contributed by atoms with E-state index in [9.17, 15) is 9.59 Å². The van der Waals surface area contributed by atoms with E-state index in [0.29, 0.717) is 30.8 Å². The number of likely N-dealkylation sites (tertiary alicyclic amines) is 1. The van der Waals surface area contributed by atoms with Crippen LogP contribution >= 0.6 is 11.6 Å². The van der Waals surface area contributed by atoms with Gasteiger partial charge in [0.2, 0.25) is 5.91 Å². The third-order valence-electron chi connectivity index (χ3n) is 8.58. The molecule has 0 spiro atoms. The minimum Gasteiger partial charge on any atom is -0.330 e. The largest absolute Gasteiger partial charge is 0.330 e. The van der Waals surface area contributed by atoms with Crippen LogP contribution in [0.25, 0.3) is 17.3 Å². The first kappa shape index (κ1) is 27.2. The fraction of sp³-hybridized carbons (Fsp3) is 0.235. The summed E-state index contributed by atoms with van der Waals surface area (Å²) in [7, 11) is 0. The number of hydrogen-bond donors (Lipinski definition) is 0. The minimum absolute atomic E-state index is 0.0829. The molecule has 0 unspecified atom stereocenters. The van der Waals surface area contributed by atoms with Crippen LogP contribution in [0.2, 0.25) is 5.02 Å². The van der Waals surface area contributed by atoms with Crippen LogP contribution in [-0.2, 0) is 22.4 Å². The van der Waals surface area contributed by atoms with Crippen LogP contribution in [0.1, 0.15) is 53.0 Å². The Bertz CT molecular complexity index is 1790. The van der Waals surface area contributed by atoms with E-state index in [4.69, 9.17) is 16.6 Å². The number of Topliss-reactive ketones (excluding diaryl/α,β-unsaturated/α-hetero) is 1. The maximum Gasteiger partial charge on any atom is 0.247 e. The Morgan fingerprint density at radius 3 is 2.67 bits per heavy atom. The maximum atomic E-state index is 14.0. The molecule has 0 N–H and O–H groups in total. The van der Waals surface area contributed by atoms with E-state index in [0.717, 1.165) is 52.1 Å².